The molecule has 0 unspecified atom stereocenters. The van der Waals surface area contributed by atoms with E-state index in [4.69, 9.17) is 11.6 Å². The fourth-order valence-electron chi connectivity index (χ4n) is 1.12. The number of aryl methyl sites for hydroxylation is 1. The maximum Gasteiger partial charge on any atom is 0.269 e. The van der Waals surface area contributed by atoms with E-state index in [-0.39, 0.29) is 11.9 Å². The Bertz CT molecular complexity index is 468. The Morgan fingerprint density at radius 3 is 3.06 bits per heavy atom. The summed E-state index contributed by atoms with van der Waals surface area (Å²) >= 11 is 7.25. The minimum Gasteiger partial charge on any atom is -0.292 e. The van der Waals surface area contributed by atoms with E-state index >= 15 is 0 Å². The van der Waals surface area contributed by atoms with Gasteiger partial charge >= 0.3 is 0 Å². The third kappa shape index (κ3) is 3.01. The van der Waals surface area contributed by atoms with Crippen LogP contribution >= 0.6 is 22.9 Å². The van der Waals surface area contributed by atoms with Crippen molar-refractivity contribution < 1.29 is 4.79 Å². The van der Waals surface area contributed by atoms with Gasteiger partial charge in [-0.1, -0.05) is 16.7 Å². The second-order valence-electron chi connectivity index (χ2n) is 2.99. The Morgan fingerprint density at radius 1 is 1.56 bits per heavy atom. The second-order valence-corrected chi connectivity index (χ2v) is 4.79. The first-order valence-corrected chi connectivity index (χ1v) is 5.71. The van der Waals surface area contributed by atoms with E-state index in [0.29, 0.717) is 12.8 Å². The topological polar surface area (TPSA) is 83.6 Å². The number of nitrogens with one attached hydrogen (secondary N) is 2. The van der Waals surface area contributed by atoms with Gasteiger partial charge in [-0.3, -0.25) is 10.1 Å². The molecule has 2 N–H and O–H groups in total. The lowest BCUT2D eigenvalue weighted by Gasteiger charge is -1.98. The highest BCUT2D eigenvalue weighted by Crippen LogP contribution is 2.22. The number of tetrazole rings is 1. The van der Waals surface area contributed by atoms with Gasteiger partial charge in [-0.05, 0) is 23.8 Å². The number of hydrogen-bond donors (Lipinski definition) is 2. The molecule has 6 nitrogen and oxygen atoms in total. The zero-order valence-corrected chi connectivity index (χ0v) is 9.68. The molecule has 0 saturated heterocycles. The molecule has 2 rings (SSSR count). The lowest BCUT2D eigenvalue weighted by Crippen LogP contribution is -2.13. The van der Waals surface area contributed by atoms with Gasteiger partial charge in [0.2, 0.25) is 5.91 Å². The summed E-state index contributed by atoms with van der Waals surface area (Å²) in [6, 6.07) is 3.73. The van der Waals surface area contributed by atoms with Crippen molar-refractivity contribution in [1.82, 2.24) is 20.6 Å². The normalized spacial score (nSPS) is 10.3. The maximum absolute atomic E-state index is 11.4. The number of hydrogen-bond acceptors (Lipinski definition) is 5. The number of carbonyl (C=O) groups excluding carboxylic acids is 1. The van der Waals surface area contributed by atoms with Crippen LogP contribution in [0.4, 0.5) is 5.95 Å². The van der Waals surface area contributed by atoms with Crippen LogP contribution in [0.1, 0.15) is 11.3 Å². The van der Waals surface area contributed by atoms with Crippen molar-refractivity contribution in [2.24, 2.45) is 0 Å². The van der Waals surface area contributed by atoms with E-state index in [1.54, 1.807) is 0 Å². The number of nitrogens with zero attached hydrogens (tertiary/aromatic N) is 3. The van der Waals surface area contributed by atoms with Gasteiger partial charge in [0.1, 0.15) is 0 Å². The predicted molar refractivity (Wildman–Crippen MR) is 60.5 cm³/mol. The minimum atomic E-state index is -0.147. The Hall–Kier alpha value is -1.47. The van der Waals surface area contributed by atoms with Crippen LogP contribution in [0, 0.1) is 0 Å². The average Bonchev–Trinajstić information content (AvgIpc) is 2.87. The van der Waals surface area contributed by atoms with Crippen LogP contribution in [0.15, 0.2) is 12.1 Å². The average molecular weight is 258 g/mol. The summed E-state index contributed by atoms with van der Waals surface area (Å²) in [5.41, 5.74) is 0. The molecular weight excluding hydrogens is 250 g/mol. The monoisotopic (exact) mass is 257 g/mol. The summed E-state index contributed by atoms with van der Waals surface area (Å²) < 4.78 is 0.730. The van der Waals surface area contributed by atoms with Gasteiger partial charge in [0.15, 0.2) is 0 Å². The van der Waals surface area contributed by atoms with Crippen molar-refractivity contribution in [2.75, 3.05) is 5.32 Å². The Balaban J connectivity index is 1.80. The standard InChI is InChI=1S/C8H8ClN5OS/c9-6-3-1-5(16-6)2-4-7(15)10-8-11-13-14-12-8/h1,3H,2,4H2,(H2,10,11,12,13,14,15). The van der Waals surface area contributed by atoms with Gasteiger partial charge in [0, 0.05) is 11.3 Å². The van der Waals surface area contributed by atoms with Gasteiger partial charge in [-0.25, -0.2) is 0 Å². The molecule has 2 aromatic heterocycles. The van der Waals surface area contributed by atoms with E-state index in [9.17, 15) is 4.79 Å². The predicted octanol–water partition coefficient (Wildman–Crippen LogP) is 1.49. The van der Waals surface area contributed by atoms with Crippen molar-refractivity contribution >= 4 is 34.8 Å². The van der Waals surface area contributed by atoms with E-state index < -0.39 is 0 Å². The molecule has 8 heteroatoms. The van der Waals surface area contributed by atoms with Gasteiger partial charge in [-0.2, -0.15) is 5.21 Å². The van der Waals surface area contributed by atoms with Crippen LogP contribution in [0.25, 0.3) is 0 Å². The Labute approximate surface area is 100 Å². The highest BCUT2D eigenvalue weighted by molar-refractivity contribution is 7.16. The summed E-state index contributed by atoms with van der Waals surface area (Å²) in [5.74, 6) is 0.0418. The number of halogens is 1. The summed E-state index contributed by atoms with van der Waals surface area (Å²) in [5, 5.41) is 15.3. The molecule has 0 saturated carbocycles. The number of amides is 1. The van der Waals surface area contributed by atoms with Gasteiger partial charge in [-0.15, -0.1) is 16.4 Å². The fourth-order valence-corrected chi connectivity index (χ4v) is 2.21. The number of carbonyl (C=O) groups is 1. The summed E-state index contributed by atoms with van der Waals surface area (Å²) in [6.07, 6.45) is 1.02. The van der Waals surface area contributed by atoms with Crippen LogP contribution in [0.5, 0.6) is 0 Å². The molecule has 2 aromatic rings. The first kappa shape index (κ1) is 11.0. The molecule has 0 fully saturated rings. The SMILES string of the molecule is O=C(CCc1ccc(Cl)s1)Nc1nn[nH]n1. The number of rotatable bonds is 4. The van der Waals surface area contributed by atoms with Crippen molar-refractivity contribution in [1.29, 1.82) is 0 Å². The van der Waals surface area contributed by atoms with Crippen LogP contribution in [0.3, 0.4) is 0 Å². The zero-order valence-electron chi connectivity index (χ0n) is 8.11. The molecule has 84 valence electrons. The molecule has 0 spiro atoms. The van der Waals surface area contributed by atoms with Crippen molar-refractivity contribution in [3.63, 3.8) is 0 Å². The minimum absolute atomic E-state index is 0.147. The first-order valence-electron chi connectivity index (χ1n) is 4.51. The number of anilines is 1. The number of aromatic amines is 1. The fraction of sp³-hybridized carbons (Fsp3) is 0.250. The first-order chi connectivity index (χ1) is 7.74. The van der Waals surface area contributed by atoms with Crippen molar-refractivity contribution in [2.45, 2.75) is 12.8 Å². The largest absolute Gasteiger partial charge is 0.292 e. The Morgan fingerprint density at radius 2 is 2.44 bits per heavy atom. The molecule has 2 heterocycles. The summed E-state index contributed by atoms with van der Waals surface area (Å²) in [7, 11) is 0. The van der Waals surface area contributed by atoms with E-state index in [1.165, 1.54) is 11.3 Å². The van der Waals surface area contributed by atoms with E-state index in [0.717, 1.165) is 9.21 Å². The van der Waals surface area contributed by atoms with Gasteiger partial charge in [0.05, 0.1) is 4.34 Å². The quantitative estimate of drug-likeness (QED) is 0.869. The lowest BCUT2D eigenvalue weighted by atomic mass is 10.2. The number of H-pyrrole nitrogens is 1. The second kappa shape index (κ2) is 5.04. The summed E-state index contributed by atoms with van der Waals surface area (Å²) in [4.78, 5) is 12.5. The van der Waals surface area contributed by atoms with Crippen molar-refractivity contribution in [3.05, 3.63) is 21.3 Å². The third-order valence-corrected chi connectivity index (χ3v) is 3.11. The Kier molecular flexibility index (Phi) is 3.47. The molecule has 0 aliphatic rings. The van der Waals surface area contributed by atoms with Crippen LogP contribution in [0.2, 0.25) is 4.34 Å². The molecule has 0 aromatic carbocycles. The molecule has 16 heavy (non-hydrogen) atoms. The lowest BCUT2D eigenvalue weighted by molar-refractivity contribution is -0.116. The maximum atomic E-state index is 11.4. The highest BCUT2D eigenvalue weighted by atomic mass is 35.5. The van der Waals surface area contributed by atoms with Crippen LogP contribution in [-0.4, -0.2) is 26.5 Å². The van der Waals surface area contributed by atoms with E-state index in [1.807, 2.05) is 12.1 Å². The molecule has 0 aliphatic heterocycles. The zero-order chi connectivity index (χ0) is 11.4. The van der Waals surface area contributed by atoms with E-state index in [2.05, 4.69) is 25.9 Å². The van der Waals surface area contributed by atoms with Gasteiger partial charge in [0.25, 0.3) is 5.95 Å². The molecule has 1 amide bonds. The molecule has 0 bridgehead atoms. The molecule has 0 radical (unpaired) electrons. The summed E-state index contributed by atoms with van der Waals surface area (Å²) in [6.45, 7) is 0. The highest BCUT2D eigenvalue weighted by Gasteiger charge is 2.06. The van der Waals surface area contributed by atoms with Crippen molar-refractivity contribution in [3.8, 4) is 0 Å². The molecular formula is C8H8ClN5OS. The number of thiophene rings is 1. The third-order valence-electron chi connectivity index (χ3n) is 1.82. The smallest absolute Gasteiger partial charge is 0.269 e. The molecule has 0 atom stereocenters. The van der Waals surface area contributed by atoms with Crippen LogP contribution in [-0.2, 0) is 11.2 Å². The van der Waals surface area contributed by atoms with Crippen LogP contribution < -0.4 is 5.32 Å². The number of aromatic nitrogens is 4. The molecule has 0 aliphatic carbocycles. The van der Waals surface area contributed by atoms with Gasteiger partial charge < -0.3 is 0 Å².